The highest BCUT2D eigenvalue weighted by atomic mass is 16.2. The molecule has 5 N–H and O–H groups in total. The van der Waals surface area contributed by atoms with Crippen LogP contribution in [0.1, 0.15) is 28.7 Å². The molecule has 0 aliphatic heterocycles. The number of likely N-dealkylation sites (N-methyl/N-ethyl adjacent to an activating group) is 1. The summed E-state index contributed by atoms with van der Waals surface area (Å²) in [5, 5.41) is 8.86. The van der Waals surface area contributed by atoms with Gasteiger partial charge in [0, 0.05) is 18.4 Å². The number of nitrogens with two attached hydrogens (primary N) is 1. The number of aromatic nitrogens is 2. The molecule has 1 atom stereocenters. The molecule has 0 saturated carbocycles. The average molecular weight is 356 g/mol. The molecule has 0 fully saturated rings. The minimum Gasteiger partial charge on any atom is -0.364 e. The van der Waals surface area contributed by atoms with Crippen LogP contribution in [-0.4, -0.2) is 41.4 Å². The molecule has 8 nitrogen and oxygen atoms in total. The van der Waals surface area contributed by atoms with Crippen LogP contribution in [0.3, 0.4) is 0 Å². The van der Waals surface area contributed by atoms with Crippen molar-refractivity contribution in [2.45, 2.75) is 26.3 Å². The second-order valence-corrected chi connectivity index (χ2v) is 5.95. The van der Waals surface area contributed by atoms with Gasteiger partial charge < -0.3 is 21.7 Å². The van der Waals surface area contributed by atoms with E-state index in [0.29, 0.717) is 24.5 Å². The minimum atomic E-state index is -0.641. The lowest BCUT2D eigenvalue weighted by Gasteiger charge is -2.12. The van der Waals surface area contributed by atoms with E-state index >= 15 is 0 Å². The quantitative estimate of drug-likeness (QED) is 0.557. The Balaban J connectivity index is 2.05. The van der Waals surface area contributed by atoms with E-state index < -0.39 is 5.91 Å². The first-order valence-electron chi connectivity index (χ1n) is 8.35. The zero-order valence-electron chi connectivity index (χ0n) is 15.2. The molecule has 2 aromatic rings. The molecule has 1 unspecified atom stereocenters. The van der Waals surface area contributed by atoms with Gasteiger partial charge in [0.2, 0.25) is 5.91 Å². The third-order valence-corrected chi connectivity index (χ3v) is 3.86. The van der Waals surface area contributed by atoms with Crippen molar-refractivity contribution in [2.24, 2.45) is 5.73 Å². The number of carbonyl (C=O) groups excluding carboxylic acids is 2. The standard InChI is InChI=1S/C18H24N6O2/c1-11-10-22-15(16(19)25)17(23-11)24-14-6-4-5-13(9-14)7-8-21-18(26)12(2)20-3/h4-6,9-10,12,20H,7-8H2,1-3H3,(H2,19,25)(H,21,26)(H,23,24). The number of nitrogens with zero attached hydrogens (tertiary/aromatic N) is 2. The molecule has 2 amide bonds. The van der Waals surface area contributed by atoms with Crippen molar-refractivity contribution >= 4 is 23.3 Å². The summed E-state index contributed by atoms with van der Waals surface area (Å²) in [6.07, 6.45) is 2.18. The van der Waals surface area contributed by atoms with Crippen molar-refractivity contribution in [1.82, 2.24) is 20.6 Å². The Labute approximate surface area is 152 Å². The van der Waals surface area contributed by atoms with Crippen molar-refractivity contribution in [2.75, 3.05) is 18.9 Å². The number of carbonyl (C=O) groups is 2. The summed E-state index contributed by atoms with van der Waals surface area (Å²) in [6.45, 7) is 4.12. The Hall–Kier alpha value is -3.00. The second kappa shape index (κ2) is 8.91. The molecular formula is C18H24N6O2. The maximum Gasteiger partial charge on any atom is 0.271 e. The van der Waals surface area contributed by atoms with Crippen LogP contribution < -0.4 is 21.7 Å². The van der Waals surface area contributed by atoms with Gasteiger partial charge in [-0.15, -0.1) is 0 Å². The van der Waals surface area contributed by atoms with Crippen molar-refractivity contribution in [3.63, 3.8) is 0 Å². The third kappa shape index (κ3) is 5.25. The van der Waals surface area contributed by atoms with Gasteiger partial charge in [-0.25, -0.2) is 9.97 Å². The molecule has 26 heavy (non-hydrogen) atoms. The number of rotatable bonds is 8. The van der Waals surface area contributed by atoms with Gasteiger partial charge in [0.25, 0.3) is 5.91 Å². The summed E-state index contributed by atoms with van der Waals surface area (Å²) < 4.78 is 0. The number of anilines is 2. The summed E-state index contributed by atoms with van der Waals surface area (Å²) in [5.41, 5.74) is 7.92. The van der Waals surface area contributed by atoms with Gasteiger partial charge >= 0.3 is 0 Å². The van der Waals surface area contributed by atoms with Crippen molar-refractivity contribution < 1.29 is 9.59 Å². The Morgan fingerprint density at radius 3 is 2.77 bits per heavy atom. The molecule has 138 valence electrons. The first-order valence-corrected chi connectivity index (χ1v) is 8.35. The number of benzene rings is 1. The van der Waals surface area contributed by atoms with Crippen molar-refractivity contribution in [3.8, 4) is 0 Å². The van der Waals surface area contributed by atoms with Crippen LogP contribution in [0.5, 0.6) is 0 Å². The SMILES string of the molecule is CNC(C)C(=O)NCCc1cccc(Nc2nc(C)cnc2C(N)=O)c1. The van der Waals surface area contributed by atoms with Crippen LogP contribution in [0.4, 0.5) is 11.5 Å². The molecule has 8 heteroatoms. The van der Waals surface area contributed by atoms with Gasteiger partial charge in [-0.3, -0.25) is 9.59 Å². The number of hydrogen-bond donors (Lipinski definition) is 4. The Morgan fingerprint density at radius 2 is 2.08 bits per heavy atom. The van der Waals surface area contributed by atoms with E-state index in [9.17, 15) is 9.59 Å². The summed E-state index contributed by atoms with van der Waals surface area (Å²) in [7, 11) is 1.74. The highest BCUT2D eigenvalue weighted by Gasteiger charge is 2.12. The van der Waals surface area contributed by atoms with Gasteiger partial charge in [0.15, 0.2) is 11.5 Å². The second-order valence-electron chi connectivity index (χ2n) is 5.95. The van der Waals surface area contributed by atoms with E-state index in [2.05, 4.69) is 25.9 Å². The maximum atomic E-state index is 11.8. The highest BCUT2D eigenvalue weighted by Crippen LogP contribution is 2.19. The maximum absolute atomic E-state index is 11.8. The number of nitrogens with one attached hydrogen (secondary N) is 3. The monoisotopic (exact) mass is 356 g/mol. The Morgan fingerprint density at radius 1 is 1.31 bits per heavy atom. The smallest absolute Gasteiger partial charge is 0.271 e. The highest BCUT2D eigenvalue weighted by molar-refractivity contribution is 5.96. The molecule has 1 aromatic heterocycles. The minimum absolute atomic E-state index is 0.0390. The lowest BCUT2D eigenvalue weighted by atomic mass is 10.1. The summed E-state index contributed by atoms with van der Waals surface area (Å²) >= 11 is 0. The zero-order chi connectivity index (χ0) is 19.1. The summed E-state index contributed by atoms with van der Waals surface area (Å²) in [6, 6.07) is 7.43. The molecule has 2 rings (SSSR count). The van der Waals surface area contributed by atoms with Crippen LogP contribution in [0.2, 0.25) is 0 Å². The normalized spacial score (nSPS) is 11.7. The number of amides is 2. The molecule has 0 spiro atoms. The fourth-order valence-corrected chi connectivity index (χ4v) is 2.30. The van der Waals surface area contributed by atoms with Crippen molar-refractivity contribution in [3.05, 3.63) is 47.4 Å². The third-order valence-electron chi connectivity index (χ3n) is 3.86. The lowest BCUT2D eigenvalue weighted by Crippen LogP contribution is -2.41. The van der Waals surface area contributed by atoms with Crippen LogP contribution in [0.25, 0.3) is 0 Å². The van der Waals surface area contributed by atoms with E-state index in [4.69, 9.17) is 5.73 Å². The summed E-state index contributed by atoms with van der Waals surface area (Å²) in [5.74, 6) is -0.355. The van der Waals surface area contributed by atoms with Gasteiger partial charge in [0.1, 0.15) is 0 Å². The molecule has 0 saturated heterocycles. The van der Waals surface area contributed by atoms with Gasteiger partial charge in [0.05, 0.1) is 11.7 Å². The lowest BCUT2D eigenvalue weighted by molar-refractivity contribution is -0.122. The van der Waals surface area contributed by atoms with Crippen LogP contribution in [0, 0.1) is 6.92 Å². The van der Waals surface area contributed by atoms with Gasteiger partial charge in [-0.2, -0.15) is 0 Å². The number of hydrogen-bond acceptors (Lipinski definition) is 6. The zero-order valence-corrected chi connectivity index (χ0v) is 15.2. The first kappa shape index (κ1) is 19.3. The van der Waals surface area contributed by atoms with Crippen LogP contribution >= 0.6 is 0 Å². The molecule has 0 bridgehead atoms. The van der Waals surface area contributed by atoms with Crippen LogP contribution in [0.15, 0.2) is 30.5 Å². The Kier molecular flexibility index (Phi) is 6.62. The number of aryl methyl sites for hydroxylation is 1. The van der Waals surface area contributed by atoms with E-state index in [-0.39, 0.29) is 17.6 Å². The predicted octanol–water partition coefficient (Wildman–Crippen LogP) is 0.894. The molecule has 0 aliphatic rings. The molecule has 0 radical (unpaired) electrons. The van der Waals surface area contributed by atoms with E-state index in [1.807, 2.05) is 24.3 Å². The molecule has 1 heterocycles. The molecule has 0 aliphatic carbocycles. The van der Waals surface area contributed by atoms with Crippen molar-refractivity contribution in [1.29, 1.82) is 0 Å². The fraction of sp³-hybridized carbons (Fsp3) is 0.333. The van der Waals surface area contributed by atoms with E-state index in [1.54, 1.807) is 20.9 Å². The van der Waals surface area contributed by atoms with E-state index in [1.165, 1.54) is 6.20 Å². The molecular weight excluding hydrogens is 332 g/mol. The van der Waals surface area contributed by atoms with Gasteiger partial charge in [-0.1, -0.05) is 12.1 Å². The predicted molar refractivity (Wildman–Crippen MR) is 100 cm³/mol. The van der Waals surface area contributed by atoms with E-state index in [0.717, 1.165) is 11.3 Å². The molecule has 1 aromatic carbocycles. The fourth-order valence-electron chi connectivity index (χ4n) is 2.30. The topological polar surface area (TPSA) is 122 Å². The summed E-state index contributed by atoms with van der Waals surface area (Å²) in [4.78, 5) is 31.6. The largest absolute Gasteiger partial charge is 0.364 e. The Bertz CT molecular complexity index is 793. The van der Waals surface area contributed by atoms with Crippen LogP contribution in [-0.2, 0) is 11.2 Å². The first-order chi connectivity index (χ1) is 12.4. The number of primary amides is 1. The van der Waals surface area contributed by atoms with Gasteiger partial charge in [-0.05, 0) is 45.0 Å². The average Bonchev–Trinajstić information content (AvgIpc) is 2.61.